The monoisotopic (exact) mass is 168 g/mol. The Morgan fingerprint density at radius 3 is 1.25 bits per heavy atom. The number of hydrogen-bond donors (Lipinski definition) is 0. The van der Waals surface area contributed by atoms with Gasteiger partial charge in [0.1, 0.15) is 0 Å². The molecule has 0 aliphatic rings. The Hall–Kier alpha value is 1.62. The van der Waals surface area contributed by atoms with Gasteiger partial charge in [0.05, 0.1) is 0 Å². The summed E-state index contributed by atoms with van der Waals surface area (Å²) in [4.78, 5) is 0. The van der Waals surface area contributed by atoms with Crippen LogP contribution in [0.15, 0.2) is 0 Å². The molecule has 0 amide bonds. The molecule has 0 spiro atoms. The van der Waals surface area contributed by atoms with Gasteiger partial charge >= 0.3 is 0 Å². The molecule has 0 heterocycles. The van der Waals surface area contributed by atoms with Gasteiger partial charge in [-0.1, -0.05) is 11.8 Å². The van der Waals surface area contributed by atoms with E-state index in [1.807, 2.05) is 0 Å². The number of hydrogen-bond acceptors (Lipinski definition) is 1. The number of rotatable bonds is 0. The average Bonchev–Trinajstić information content (AvgIpc) is 1.00. The van der Waals surface area contributed by atoms with E-state index >= 15 is 0 Å². The minimum Gasteiger partial charge on any atom is -0.358 e. The summed E-state index contributed by atoms with van der Waals surface area (Å²) < 4.78 is 0. The summed E-state index contributed by atoms with van der Waals surface area (Å²) in [5.41, 5.74) is 0. The first-order chi connectivity index (χ1) is 1.00. The molecule has 0 aliphatic carbocycles. The van der Waals surface area contributed by atoms with Crippen molar-refractivity contribution in [1.29, 1.82) is 0 Å². The average molecular weight is 168 g/mol. The fraction of sp³-hybridized carbons (Fsp3) is 0. The van der Waals surface area contributed by atoms with Gasteiger partial charge in [-0.2, -0.15) is 0 Å². The van der Waals surface area contributed by atoms with Crippen LogP contribution in [0.3, 0.4) is 0 Å². The Bertz CT molecular complexity index is 8.00. The Balaban J connectivity index is -0.00000000500. The third kappa shape index (κ3) is 9.46. The van der Waals surface area contributed by atoms with E-state index in [1.165, 1.54) is 0 Å². The third-order valence-electron chi connectivity index (χ3n) is 0. The van der Waals surface area contributed by atoms with Gasteiger partial charge in [-0.25, -0.2) is 0 Å². The fourth-order valence-corrected chi connectivity index (χ4v) is 0. The van der Waals surface area contributed by atoms with Crippen molar-refractivity contribution in [2.45, 2.75) is 0 Å². The molecule has 0 saturated heterocycles. The molecule has 0 aromatic heterocycles. The van der Waals surface area contributed by atoms with Crippen LogP contribution in [-0.2, 0) is 44.5 Å². The Labute approximate surface area is 59.5 Å². The van der Waals surface area contributed by atoms with Gasteiger partial charge < -0.3 is 7.43 Å². The second kappa shape index (κ2) is 23.0. The smallest absolute Gasteiger partial charge is 0 e. The van der Waals surface area contributed by atoms with Gasteiger partial charge in [-0.05, 0) is 8.02 Å². The van der Waals surface area contributed by atoms with E-state index < -0.39 is 0 Å². The summed E-state index contributed by atoms with van der Waals surface area (Å²) in [6, 6.07) is 0. The predicted molar refractivity (Wildman–Crippen MR) is 22.1 cm³/mol. The van der Waals surface area contributed by atoms with E-state index in [9.17, 15) is 0 Å². The molecule has 0 saturated carbocycles. The molecule has 0 aromatic carbocycles. The van der Waals surface area contributed by atoms with Crippen molar-refractivity contribution in [3.05, 3.63) is 7.43 Å². The summed E-state index contributed by atoms with van der Waals surface area (Å²) >= 11 is 3.89. The van der Waals surface area contributed by atoms with Crippen molar-refractivity contribution in [3.8, 4) is 0 Å². The maximum absolute atomic E-state index is 3.89. The van der Waals surface area contributed by atoms with Gasteiger partial charge in [0.15, 0.2) is 0 Å². The standard InChI is InChI=1S/CH3.HPS.Y/c;1-2;/h1H3;1H;/q-1;;. The predicted octanol–water partition coefficient (Wildman–Crippen LogP) is 1.04. The van der Waals surface area contributed by atoms with Gasteiger partial charge in [-0.15, -0.1) is 0 Å². The largest absolute Gasteiger partial charge is 0.358 e. The molecular formula is CH4PSY-. The summed E-state index contributed by atoms with van der Waals surface area (Å²) in [6.45, 7) is 0. The summed E-state index contributed by atoms with van der Waals surface area (Å²) in [7, 11) is 2.56. The van der Waals surface area contributed by atoms with Crippen LogP contribution in [0.2, 0.25) is 0 Å². The van der Waals surface area contributed by atoms with Crippen LogP contribution in [0, 0.1) is 7.43 Å². The zero-order valence-corrected chi connectivity index (χ0v) is 7.14. The van der Waals surface area contributed by atoms with Gasteiger partial charge in [0.25, 0.3) is 0 Å². The van der Waals surface area contributed by atoms with Gasteiger partial charge in [-0.3, -0.25) is 0 Å². The maximum Gasteiger partial charge on any atom is 0 e. The zero-order chi connectivity index (χ0) is 2.00. The minimum atomic E-state index is 0. The normalized spacial score (nSPS) is 1.00. The quantitative estimate of drug-likeness (QED) is 0.384. The molecule has 0 unspecified atom stereocenters. The zero-order valence-electron chi connectivity index (χ0n) is 2.49. The summed E-state index contributed by atoms with van der Waals surface area (Å²) in [6.07, 6.45) is 0. The van der Waals surface area contributed by atoms with E-state index in [4.69, 9.17) is 0 Å². The van der Waals surface area contributed by atoms with Crippen LogP contribution in [-0.4, -0.2) is 0 Å². The first-order valence-corrected chi connectivity index (χ1v) is 1.84. The van der Waals surface area contributed by atoms with E-state index in [2.05, 4.69) is 19.8 Å². The van der Waals surface area contributed by atoms with E-state index in [0.717, 1.165) is 0 Å². The Kier molecular flexibility index (Phi) is 101. The first kappa shape index (κ1) is 17.5. The molecule has 0 aromatic rings. The molecule has 1 radical (unpaired) electrons. The summed E-state index contributed by atoms with van der Waals surface area (Å²) in [5, 5.41) is 0. The molecule has 0 N–H and O–H groups in total. The Morgan fingerprint density at radius 2 is 1.25 bits per heavy atom. The second-order valence-corrected chi connectivity index (χ2v) is 0. The van der Waals surface area contributed by atoms with Crippen LogP contribution >= 0.6 is 8.02 Å². The molecule has 4 heavy (non-hydrogen) atoms. The molecule has 0 atom stereocenters. The maximum atomic E-state index is 3.89. The third-order valence-corrected chi connectivity index (χ3v) is 0. The molecular weight excluding hydrogens is 164 g/mol. The van der Waals surface area contributed by atoms with Crippen LogP contribution < -0.4 is 0 Å². The van der Waals surface area contributed by atoms with Crippen molar-refractivity contribution in [2.75, 3.05) is 0 Å². The molecule has 0 fully saturated rings. The summed E-state index contributed by atoms with van der Waals surface area (Å²) in [5.74, 6) is 0. The Morgan fingerprint density at radius 1 is 1.25 bits per heavy atom. The van der Waals surface area contributed by atoms with Crippen molar-refractivity contribution in [3.63, 3.8) is 0 Å². The van der Waals surface area contributed by atoms with E-state index in [-0.39, 0.29) is 40.1 Å². The molecule has 0 nitrogen and oxygen atoms in total. The first-order valence-electron chi connectivity index (χ1n) is 0.204. The second-order valence-electron chi connectivity index (χ2n) is 0. The van der Waals surface area contributed by atoms with Crippen molar-refractivity contribution in [1.82, 2.24) is 0 Å². The van der Waals surface area contributed by atoms with Gasteiger partial charge in [0.2, 0.25) is 0 Å². The molecule has 0 bridgehead atoms. The molecule has 23 valence electrons. The van der Waals surface area contributed by atoms with Crippen LogP contribution in [0.4, 0.5) is 0 Å². The van der Waals surface area contributed by atoms with Gasteiger partial charge in [0, 0.05) is 32.7 Å². The topological polar surface area (TPSA) is 0 Å². The van der Waals surface area contributed by atoms with Crippen molar-refractivity contribution < 1.29 is 32.7 Å². The SMILES string of the molecule is P=S.[CH3-].[Y]. The fourth-order valence-electron chi connectivity index (χ4n) is 0. The van der Waals surface area contributed by atoms with Crippen LogP contribution in [0.1, 0.15) is 0 Å². The minimum absolute atomic E-state index is 0. The molecule has 3 heteroatoms. The van der Waals surface area contributed by atoms with Crippen molar-refractivity contribution in [2.24, 2.45) is 0 Å². The van der Waals surface area contributed by atoms with Crippen molar-refractivity contribution >= 4 is 19.8 Å². The van der Waals surface area contributed by atoms with E-state index in [1.54, 1.807) is 0 Å². The molecule has 0 rings (SSSR count). The van der Waals surface area contributed by atoms with Crippen LogP contribution in [0.5, 0.6) is 0 Å². The molecule has 0 aliphatic heterocycles. The van der Waals surface area contributed by atoms with E-state index in [0.29, 0.717) is 0 Å². The van der Waals surface area contributed by atoms with Crippen LogP contribution in [0.25, 0.3) is 0 Å².